The fourth-order valence-corrected chi connectivity index (χ4v) is 1.67. The lowest BCUT2D eigenvalue weighted by atomic mass is 10.1. The molecule has 4 nitrogen and oxygen atoms in total. The summed E-state index contributed by atoms with van der Waals surface area (Å²) < 4.78 is 80.3. The summed E-state index contributed by atoms with van der Waals surface area (Å²) in [5, 5.41) is 3.58. The molecule has 0 radical (unpaired) electrons. The maximum atomic E-state index is 12.6. The van der Waals surface area contributed by atoms with Crippen molar-refractivity contribution in [2.24, 2.45) is 5.10 Å². The lowest BCUT2D eigenvalue weighted by Gasteiger charge is -2.13. The van der Waals surface area contributed by atoms with Crippen LogP contribution in [0, 0.1) is 0 Å². The number of cyclic esters (lactones) is 1. The number of ether oxygens (including phenoxy) is 1. The van der Waals surface area contributed by atoms with Crippen LogP contribution in [-0.2, 0) is 21.9 Å². The number of carbonyl (C=O) groups excluding carboxylic acids is 1. The molecule has 1 fully saturated rings. The number of hydrogen-bond acceptors (Lipinski definition) is 4. The Kier molecular flexibility index (Phi) is 4.03. The summed E-state index contributed by atoms with van der Waals surface area (Å²) in [5.74, 6) is -0.569. The first-order valence-corrected chi connectivity index (χ1v) is 5.82. The van der Waals surface area contributed by atoms with E-state index in [0.717, 1.165) is 0 Å². The largest absolute Gasteiger partial charge is 0.459 e. The summed E-state index contributed by atoms with van der Waals surface area (Å²) in [4.78, 5) is 10.8. The number of carbonyl (C=O) groups is 1. The number of anilines is 1. The minimum Gasteiger partial charge on any atom is -0.459 e. The van der Waals surface area contributed by atoms with E-state index in [-0.39, 0.29) is 24.8 Å². The molecule has 0 aromatic heterocycles. The van der Waals surface area contributed by atoms with Gasteiger partial charge in [-0.3, -0.25) is 10.2 Å². The third-order valence-corrected chi connectivity index (χ3v) is 2.68. The second kappa shape index (κ2) is 5.50. The van der Waals surface area contributed by atoms with Crippen molar-refractivity contribution in [2.45, 2.75) is 18.8 Å². The van der Waals surface area contributed by atoms with Crippen LogP contribution >= 0.6 is 0 Å². The van der Waals surface area contributed by atoms with Gasteiger partial charge in [0.15, 0.2) is 0 Å². The van der Waals surface area contributed by atoms with E-state index >= 15 is 0 Å². The van der Waals surface area contributed by atoms with Crippen LogP contribution in [-0.4, -0.2) is 18.3 Å². The zero-order chi connectivity index (χ0) is 16.5. The standard InChI is InChI=1S/C12H8F6N2O2/c13-11(14,15)6-1-7(12(16,17)18)3-8(2-6)19-20-9-4-10(21)22-5-9/h1-3,19H,4-5H2. The molecule has 1 aromatic rings. The van der Waals surface area contributed by atoms with E-state index in [1.165, 1.54) is 0 Å². The van der Waals surface area contributed by atoms with Crippen molar-refractivity contribution in [3.63, 3.8) is 0 Å². The number of hydrazone groups is 1. The molecule has 1 N–H and O–H groups in total. The Bertz CT molecular complexity index is 589. The fourth-order valence-electron chi connectivity index (χ4n) is 1.67. The van der Waals surface area contributed by atoms with Gasteiger partial charge in [0, 0.05) is 0 Å². The van der Waals surface area contributed by atoms with E-state index in [2.05, 4.69) is 15.3 Å². The van der Waals surface area contributed by atoms with Gasteiger partial charge in [-0.25, -0.2) is 0 Å². The zero-order valence-corrected chi connectivity index (χ0v) is 10.7. The summed E-state index contributed by atoms with van der Waals surface area (Å²) in [6.07, 6.45) is -10.0. The third-order valence-electron chi connectivity index (χ3n) is 2.68. The predicted molar refractivity (Wildman–Crippen MR) is 63.1 cm³/mol. The molecular weight excluding hydrogens is 318 g/mol. The minimum atomic E-state index is -4.93. The van der Waals surface area contributed by atoms with Crippen LogP contribution in [0.2, 0.25) is 0 Å². The molecule has 22 heavy (non-hydrogen) atoms. The summed E-state index contributed by atoms with van der Waals surface area (Å²) in [5.41, 5.74) is -1.14. The zero-order valence-electron chi connectivity index (χ0n) is 10.7. The number of nitrogens with one attached hydrogen (secondary N) is 1. The van der Waals surface area contributed by atoms with Gasteiger partial charge in [0.25, 0.3) is 0 Å². The molecule has 120 valence electrons. The number of alkyl halides is 6. The Morgan fingerprint density at radius 2 is 1.55 bits per heavy atom. The molecule has 0 saturated carbocycles. The Morgan fingerprint density at radius 3 is 1.95 bits per heavy atom. The first-order valence-electron chi connectivity index (χ1n) is 5.82. The molecule has 0 aliphatic carbocycles. The maximum Gasteiger partial charge on any atom is 0.416 e. The first kappa shape index (κ1) is 16.1. The molecule has 0 bridgehead atoms. The number of nitrogens with zero attached hydrogens (tertiary/aromatic N) is 1. The van der Waals surface area contributed by atoms with Gasteiger partial charge >= 0.3 is 18.3 Å². The second-order valence-electron chi connectivity index (χ2n) is 4.42. The SMILES string of the molecule is O=C1CC(=NNc2cc(C(F)(F)F)cc(C(F)(F)F)c2)CO1. The molecule has 1 aliphatic heterocycles. The van der Waals surface area contributed by atoms with E-state index in [1.54, 1.807) is 0 Å². The second-order valence-corrected chi connectivity index (χ2v) is 4.42. The normalized spacial score (nSPS) is 17.7. The number of esters is 1. The Hall–Kier alpha value is -2.26. The van der Waals surface area contributed by atoms with Gasteiger partial charge in [0.2, 0.25) is 0 Å². The summed E-state index contributed by atoms with van der Waals surface area (Å²) in [6.45, 7) is -0.156. The van der Waals surface area contributed by atoms with E-state index in [4.69, 9.17) is 0 Å². The minimum absolute atomic E-state index is 0.0144. The lowest BCUT2D eigenvalue weighted by molar-refractivity contribution is -0.143. The Balaban J connectivity index is 2.32. The third kappa shape index (κ3) is 3.89. The van der Waals surface area contributed by atoms with Crippen LogP contribution in [0.25, 0.3) is 0 Å². The smallest absolute Gasteiger partial charge is 0.416 e. The topological polar surface area (TPSA) is 50.7 Å². The van der Waals surface area contributed by atoms with Crippen LogP contribution in [0.1, 0.15) is 17.5 Å². The Labute approximate surface area is 119 Å². The van der Waals surface area contributed by atoms with Gasteiger partial charge < -0.3 is 4.74 Å². The van der Waals surface area contributed by atoms with Crippen molar-refractivity contribution in [1.82, 2.24) is 0 Å². The molecular formula is C12H8F6N2O2. The summed E-state index contributed by atoms with van der Waals surface area (Å²) >= 11 is 0. The molecule has 0 unspecified atom stereocenters. The van der Waals surface area contributed by atoms with Gasteiger partial charge in [-0.05, 0) is 18.2 Å². The summed E-state index contributed by atoms with van der Waals surface area (Å²) in [7, 11) is 0. The highest BCUT2D eigenvalue weighted by atomic mass is 19.4. The molecule has 10 heteroatoms. The monoisotopic (exact) mass is 326 g/mol. The van der Waals surface area contributed by atoms with Gasteiger partial charge in [-0.15, -0.1) is 0 Å². The van der Waals surface area contributed by atoms with E-state index < -0.39 is 35.1 Å². The highest BCUT2D eigenvalue weighted by Gasteiger charge is 2.37. The van der Waals surface area contributed by atoms with Crippen LogP contribution in [0.3, 0.4) is 0 Å². The predicted octanol–water partition coefficient (Wildman–Crippen LogP) is 3.44. The van der Waals surface area contributed by atoms with Crippen LogP contribution in [0.5, 0.6) is 0 Å². The molecule has 2 rings (SSSR count). The van der Waals surface area contributed by atoms with Crippen molar-refractivity contribution >= 4 is 17.4 Å². The average Bonchev–Trinajstić information content (AvgIpc) is 2.80. The van der Waals surface area contributed by atoms with Crippen molar-refractivity contribution in [2.75, 3.05) is 12.0 Å². The molecule has 1 aromatic carbocycles. The van der Waals surface area contributed by atoms with Crippen molar-refractivity contribution in [3.05, 3.63) is 29.3 Å². The van der Waals surface area contributed by atoms with Gasteiger partial charge in [0.1, 0.15) is 6.61 Å². The van der Waals surface area contributed by atoms with Gasteiger partial charge in [-0.2, -0.15) is 31.4 Å². The fraction of sp³-hybridized carbons (Fsp3) is 0.333. The van der Waals surface area contributed by atoms with Crippen molar-refractivity contribution < 1.29 is 35.9 Å². The molecule has 0 spiro atoms. The number of hydrogen-bond donors (Lipinski definition) is 1. The molecule has 1 aliphatic rings. The summed E-state index contributed by atoms with van der Waals surface area (Å²) in [6, 6.07) is 1.01. The van der Waals surface area contributed by atoms with E-state index in [1.807, 2.05) is 0 Å². The van der Waals surface area contributed by atoms with E-state index in [0.29, 0.717) is 12.1 Å². The van der Waals surface area contributed by atoms with Gasteiger partial charge in [0.05, 0.1) is 28.9 Å². The van der Waals surface area contributed by atoms with Crippen LogP contribution < -0.4 is 5.43 Å². The Morgan fingerprint density at radius 1 is 1.00 bits per heavy atom. The highest BCUT2D eigenvalue weighted by molar-refractivity contribution is 6.04. The molecule has 0 amide bonds. The number of halogens is 6. The highest BCUT2D eigenvalue weighted by Crippen LogP contribution is 2.37. The quantitative estimate of drug-likeness (QED) is 0.515. The molecule has 1 heterocycles. The van der Waals surface area contributed by atoms with Crippen LogP contribution in [0.15, 0.2) is 23.3 Å². The molecule has 1 saturated heterocycles. The lowest BCUT2D eigenvalue weighted by Crippen LogP contribution is -2.12. The van der Waals surface area contributed by atoms with Crippen molar-refractivity contribution in [1.29, 1.82) is 0 Å². The number of benzene rings is 1. The molecule has 0 atom stereocenters. The van der Waals surface area contributed by atoms with E-state index in [9.17, 15) is 31.1 Å². The first-order chi connectivity index (χ1) is 10.1. The van der Waals surface area contributed by atoms with Gasteiger partial charge in [-0.1, -0.05) is 0 Å². The number of rotatable bonds is 2. The average molecular weight is 326 g/mol. The maximum absolute atomic E-state index is 12.6. The van der Waals surface area contributed by atoms with Crippen molar-refractivity contribution in [3.8, 4) is 0 Å². The van der Waals surface area contributed by atoms with Crippen LogP contribution in [0.4, 0.5) is 32.0 Å².